The number of rotatable bonds is 5. The van der Waals surface area contributed by atoms with Crippen LogP contribution in [0.1, 0.15) is 35.3 Å². The Morgan fingerprint density at radius 1 is 1.25 bits per heavy atom. The second kappa shape index (κ2) is 8.80. The molecule has 2 N–H and O–H groups in total. The van der Waals surface area contributed by atoms with Crippen LogP contribution in [-0.2, 0) is 0 Å². The van der Waals surface area contributed by atoms with E-state index in [-0.39, 0.29) is 11.9 Å². The summed E-state index contributed by atoms with van der Waals surface area (Å²) >= 11 is 8.65. The minimum absolute atomic E-state index is 0.0570. The first-order valence-electron chi connectivity index (χ1n) is 7.55. The van der Waals surface area contributed by atoms with Crippen LogP contribution in [0.3, 0.4) is 0 Å². The summed E-state index contributed by atoms with van der Waals surface area (Å²) in [6, 6.07) is 15.2. The summed E-state index contributed by atoms with van der Waals surface area (Å²) in [5.41, 5.74) is 1.63. The molecule has 2 aromatic rings. The SMILES string of the molecule is CCC(NC(=S)NC(=O)c1ccc(OC)c(Br)c1)c1ccccc1. The maximum absolute atomic E-state index is 12.3. The molecule has 126 valence electrons. The van der Waals surface area contributed by atoms with E-state index in [1.807, 2.05) is 30.3 Å². The minimum atomic E-state index is -0.265. The van der Waals surface area contributed by atoms with Crippen molar-refractivity contribution in [1.29, 1.82) is 0 Å². The van der Waals surface area contributed by atoms with E-state index in [0.29, 0.717) is 20.9 Å². The maximum atomic E-state index is 12.3. The Balaban J connectivity index is 2.01. The Labute approximate surface area is 155 Å². The summed E-state index contributed by atoms with van der Waals surface area (Å²) in [7, 11) is 1.58. The molecule has 2 rings (SSSR count). The summed E-state index contributed by atoms with van der Waals surface area (Å²) < 4.78 is 5.88. The number of carbonyl (C=O) groups excluding carboxylic acids is 1. The number of ether oxygens (including phenoxy) is 1. The Kier molecular flexibility index (Phi) is 6.75. The number of hydrogen-bond donors (Lipinski definition) is 2. The molecule has 6 heteroatoms. The van der Waals surface area contributed by atoms with Crippen LogP contribution >= 0.6 is 28.1 Å². The van der Waals surface area contributed by atoms with Gasteiger partial charge in [0.05, 0.1) is 17.6 Å². The summed E-state index contributed by atoms with van der Waals surface area (Å²) in [4.78, 5) is 12.3. The predicted molar refractivity (Wildman–Crippen MR) is 103 cm³/mol. The Morgan fingerprint density at radius 3 is 2.54 bits per heavy atom. The van der Waals surface area contributed by atoms with Crippen molar-refractivity contribution in [2.75, 3.05) is 7.11 Å². The van der Waals surface area contributed by atoms with Crippen molar-refractivity contribution < 1.29 is 9.53 Å². The van der Waals surface area contributed by atoms with E-state index in [9.17, 15) is 4.79 Å². The zero-order valence-electron chi connectivity index (χ0n) is 13.5. The fourth-order valence-electron chi connectivity index (χ4n) is 2.28. The van der Waals surface area contributed by atoms with Crippen molar-refractivity contribution in [3.63, 3.8) is 0 Å². The molecule has 0 spiro atoms. The average molecular weight is 407 g/mol. The number of carbonyl (C=O) groups is 1. The zero-order chi connectivity index (χ0) is 17.5. The van der Waals surface area contributed by atoms with Crippen LogP contribution in [0.15, 0.2) is 53.0 Å². The van der Waals surface area contributed by atoms with Crippen LogP contribution in [-0.4, -0.2) is 18.1 Å². The van der Waals surface area contributed by atoms with E-state index in [0.717, 1.165) is 12.0 Å². The third-order valence-corrected chi connectivity index (χ3v) is 4.40. The quantitative estimate of drug-likeness (QED) is 0.729. The lowest BCUT2D eigenvalue weighted by Gasteiger charge is -2.19. The van der Waals surface area contributed by atoms with Crippen molar-refractivity contribution >= 4 is 39.2 Å². The molecule has 0 saturated carbocycles. The topological polar surface area (TPSA) is 50.4 Å². The van der Waals surface area contributed by atoms with Crippen LogP contribution in [0, 0.1) is 0 Å². The Morgan fingerprint density at radius 2 is 1.96 bits per heavy atom. The van der Waals surface area contributed by atoms with Crippen molar-refractivity contribution in [3.8, 4) is 5.75 Å². The van der Waals surface area contributed by atoms with Crippen molar-refractivity contribution in [2.24, 2.45) is 0 Å². The molecule has 0 heterocycles. The highest BCUT2D eigenvalue weighted by Crippen LogP contribution is 2.25. The highest BCUT2D eigenvalue weighted by atomic mass is 79.9. The van der Waals surface area contributed by atoms with Crippen LogP contribution in [0.25, 0.3) is 0 Å². The number of hydrogen-bond acceptors (Lipinski definition) is 3. The number of amides is 1. The van der Waals surface area contributed by atoms with Gasteiger partial charge in [-0.2, -0.15) is 0 Å². The smallest absolute Gasteiger partial charge is 0.257 e. The number of halogens is 1. The zero-order valence-corrected chi connectivity index (χ0v) is 15.9. The van der Waals surface area contributed by atoms with E-state index >= 15 is 0 Å². The van der Waals surface area contributed by atoms with Crippen LogP contribution < -0.4 is 15.4 Å². The first-order valence-corrected chi connectivity index (χ1v) is 8.75. The van der Waals surface area contributed by atoms with Crippen molar-refractivity contribution in [3.05, 3.63) is 64.1 Å². The molecule has 2 aromatic carbocycles. The normalized spacial score (nSPS) is 11.5. The monoisotopic (exact) mass is 406 g/mol. The lowest BCUT2D eigenvalue weighted by atomic mass is 10.1. The molecule has 0 radical (unpaired) electrons. The summed E-state index contributed by atoms with van der Waals surface area (Å²) in [5, 5.41) is 6.21. The number of nitrogens with one attached hydrogen (secondary N) is 2. The second-order valence-electron chi connectivity index (χ2n) is 5.15. The van der Waals surface area contributed by atoms with Gasteiger partial charge in [-0.25, -0.2) is 0 Å². The molecule has 0 fully saturated rings. The van der Waals surface area contributed by atoms with E-state index in [4.69, 9.17) is 17.0 Å². The molecule has 0 aliphatic carbocycles. The molecule has 1 unspecified atom stereocenters. The summed E-state index contributed by atoms with van der Waals surface area (Å²) in [6.45, 7) is 2.07. The largest absolute Gasteiger partial charge is 0.496 e. The van der Waals surface area contributed by atoms with Gasteiger partial charge in [-0.1, -0.05) is 37.3 Å². The first-order chi connectivity index (χ1) is 11.5. The molecule has 0 aliphatic rings. The summed E-state index contributed by atoms with van der Waals surface area (Å²) in [5.74, 6) is 0.404. The van der Waals surface area contributed by atoms with Gasteiger partial charge >= 0.3 is 0 Å². The van der Waals surface area contributed by atoms with E-state index < -0.39 is 0 Å². The molecule has 24 heavy (non-hydrogen) atoms. The number of thiocarbonyl (C=S) groups is 1. The van der Waals surface area contributed by atoms with Crippen molar-refractivity contribution in [1.82, 2.24) is 10.6 Å². The highest BCUT2D eigenvalue weighted by Gasteiger charge is 2.14. The van der Waals surface area contributed by atoms with Gasteiger partial charge in [-0.15, -0.1) is 0 Å². The predicted octanol–water partition coefficient (Wildman–Crippen LogP) is 4.21. The third kappa shape index (κ3) is 4.79. The van der Waals surface area contributed by atoms with E-state index in [1.54, 1.807) is 25.3 Å². The number of methoxy groups -OCH3 is 1. The highest BCUT2D eigenvalue weighted by molar-refractivity contribution is 9.10. The molecule has 1 amide bonds. The lowest BCUT2D eigenvalue weighted by molar-refractivity contribution is 0.0976. The molecule has 1 atom stereocenters. The summed E-state index contributed by atoms with van der Waals surface area (Å²) in [6.07, 6.45) is 0.855. The van der Waals surface area contributed by atoms with Gasteiger partial charge in [-0.05, 0) is 58.3 Å². The fraction of sp³-hybridized carbons (Fsp3) is 0.222. The van der Waals surface area contributed by atoms with E-state index in [1.165, 1.54) is 0 Å². The standard InChI is InChI=1S/C18H19BrN2O2S/c1-3-15(12-7-5-4-6-8-12)20-18(24)21-17(22)13-9-10-16(23-2)14(19)11-13/h4-11,15H,3H2,1-2H3,(H2,20,21,22,24). The Hall–Kier alpha value is -1.92. The number of benzene rings is 2. The third-order valence-electron chi connectivity index (χ3n) is 3.56. The van der Waals surface area contributed by atoms with Gasteiger partial charge in [0.2, 0.25) is 0 Å². The molecular formula is C18H19BrN2O2S. The molecular weight excluding hydrogens is 388 g/mol. The molecule has 0 aliphatic heterocycles. The second-order valence-corrected chi connectivity index (χ2v) is 6.41. The van der Waals surface area contributed by atoms with Gasteiger partial charge in [-0.3, -0.25) is 10.1 Å². The maximum Gasteiger partial charge on any atom is 0.257 e. The van der Waals surface area contributed by atoms with Gasteiger partial charge < -0.3 is 10.1 Å². The van der Waals surface area contributed by atoms with Gasteiger partial charge in [0, 0.05) is 5.56 Å². The fourth-order valence-corrected chi connectivity index (χ4v) is 3.06. The first kappa shape index (κ1) is 18.4. The van der Waals surface area contributed by atoms with Crippen LogP contribution in [0.2, 0.25) is 0 Å². The lowest BCUT2D eigenvalue weighted by Crippen LogP contribution is -2.40. The molecule has 4 nitrogen and oxygen atoms in total. The molecule has 0 saturated heterocycles. The molecule has 0 bridgehead atoms. The minimum Gasteiger partial charge on any atom is -0.496 e. The van der Waals surface area contributed by atoms with Gasteiger partial charge in [0.25, 0.3) is 5.91 Å². The van der Waals surface area contributed by atoms with Crippen LogP contribution in [0.5, 0.6) is 5.75 Å². The Bertz CT molecular complexity index is 722. The van der Waals surface area contributed by atoms with Gasteiger partial charge in [0.15, 0.2) is 5.11 Å². The molecule has 0 aromatic heterocycles. The van der Waals surface area contributed by atoms with Crippen LogP contribution in [0.4, 0.5) is 0 Å². The van der Waals surface area contributed by atoms with Gasteiger partial charge in [0.1, 0.15) is 5.75 Å². The average Bonchev–Trinajstić information content (AvgIpc) is 2.60. The van der Waals surface area contributed by atoms with Crippen molar-refractivity contribution in [2.45, 2.75) is 19.4 Å². The van der Waals surface area contributed by atoms with E-state index in [2.05, 4.69) is 33.5 Å².